The summed E-state index contributed by atoms with van der Waals surface area (Å²) in [5, 5.41) is 5.57. The van der Waals surface area contributed by atoms with Gasteiger partial charge in [-0.05, 0) is 48.9 Å². The summed E-state index contributed by atoms with van der Waals surface area (Å²) in [5.41, 5.74) is 1.70. The van der Waals surface area contributed by atoms with Gasteiger partial charge < -0.3 is 10.1 Å². The molecular formula is C20H15Cl2N3O3. The van der Waals surface area contributed by atoms with Crippen LogP contribution in [0.25, 0.3) is 0 Å². The predicted molar refractivity (Wildman–Crippen MR) is 108 cm³/mol. The van der Waals surface area contributed by atoms with Crippen molar-refractivity contribution in [3.05, 3.63) is 82.0 Å². The topological polar surface area (TPSA) is 80.3 Å². The third kappa shape index (κ3) is 5.00. The number of nitrogens with zero attached hydrogens (tertiary/aromatic N) is 1. The number of anilines is 1. The number of urea groups is 1. The van der Waals surface area contributed by atoms with Crippen LogP contribution in [0.2, 0.25) is 10.0 Å². The van der Waals surface area contributed by atoms with E-state index < -0.39 is 11.9 Å². The molecule has 0 bridgehead atoms. The van der Waals surface area contributed by atoms with Crippen molar-refractivity contribution in [1.29, 1.82) is 0 Å². The molecule has 0 fully saturated rings. The molecule has 142 valence electrons. The number of hydrogen-bond acceptors (Lipinski definition) is 4. The summed E-state index contributed by atoms with van der Waals surface area (Å²) >= 11 is 11.8. The molecule has 0 radical (unpaired) electrons. The fourth-order valence-electron chi connectivity index (χ4n) is 2.36. The van der Waals surface area contributed by atoms with Gasteiger partial charge in [-0.2, -0.15) is 0 Å². The number of ether oxygens (including phenoxy) is 1. The molecule has 0 aliphatic carbocycles. The second-order valence-electron chi connectivity index (χ2n) is 5.79. The van der Waals surface area contributed by atoms with Gasteiger partial charge in [-0.15, -0.1) is 0 Å². The number of imide groups is 1. The summed E-state index contributed by atoms with van der Waals surface area (Å²) in [5.74, 6) is 0.214. The lowest BCUT2D eigenvalue weighted by atomic mass is 10.1. The van der Waals surface area contributed by atoms with Crippen molar-refractivity contribution in [2.75, 3.05) is 5.32 Å². The average molecular weight is 416 g/mol. The number of rotatable bonds is 4. The Morgan fingerprint density at radius 3 is 2.43 bits per heavy atom. The Kier molecular flexibility index (Phi) is 6.13. The van der Waals surface area contributed by atoms with Gasteiger partial charge in [0.25, 0.3) is 5.91 Å². The zero-order chi connectivity index (χ0) is 20.1. The zero-order valence-electron chi connectivity index (χ0n) is 14.7. The van der Waals surface area contributed by atoms with Crippen LogP contribution < -0.4 is 15.4 Å². The lowest BCUT2D eigenvalue weighted by Crippen LogP contribution is -2.34. The number of hydrogen-bond donors (Lipinski definition) is 2. The largest absolute Gasteiger partial charge is 0.438 e. The number of benzene rings is 2. The first-order valence-electron chi connectivity index (χ1n) is 8.19. The SMILES string of the molecule is Cc1ccccc1C(=O)NC(=O)Nc1ccc(Oc2ncc(Cl)cc2Cl)cc1. The fourth-order valence-corrected chi connectivity index (χ4v) is 2.77. The Morgan fingerprint density at radius 2 is 1.75 bits per heavy atom. The number of pyridine rings is 1. The minimum absolute atomic E-state index is 0.216. The second kappa shape index (κ2) is 8.73. The lowest BCUT2D eigenvalue weighted by Gasteiger charge is -2.10. The van der Waals surface area contributed by atoms with Crippen LogP contribution in [0.3, 0.4) is 0 Å². The molecule has 2 aromatic carbocycles. The standard InChI is InChI=1S/C20H15Cl2N3O3/c1-12-4-2-3-5-16(12)18(26)25-20(27)24-14-6-8-15(9-7-14)28-19-17(22)10-13(21)11-23-19/h2-11H,1H3,(H2,24,25,26,27). The van der Waals surface area contributed by atoms with E-state index in [2.05, 4.69) is 15.6 Å². The highest BCUT2D eigenvalue weighted by Crippen LogP contribution is 2.29. The number of halogens is 2. The first-order chi connectivity index (χ1) is 13.4. The van der Waals surface area contributed by atoms with Gasteiger partial charge >= 0.3 is 6.03 Å². The zero-order valence-corrected chi connectivity index (χ0v) is 16.2. The molecule has 3 amide bonds. The molecule has 3 rings (SSSR count). The Labute approximate surface area is 171 Å². The van der Waals surface area contributed by atoms with E-state index in [1.54, 1.807) is 49.4 Å². The molecule has 1 heterocycles. The van der Waals surface area contributed by atoms with Gasteiger partial charge in [-0.1, -0.05) is 41.4 Å². The van der Waals surface area contributed by atoms with E-state index >= 15 is 0 Å². The number of carbonyl (C=O) groups excluding carboxylic acids is 2. The van der Waals surface area contributed by atoms with E-state index in [4.69, 9.17) is 27.9 Å². The highest BCUT2D eigenvalue weighted by Gasteiger charge is 2.12. The minimum Gasteiger partial charge on any atom is -0.438 e. The van der Waals surface area contributed by atoms with E-state index in [0.717, 1.165) is 5.56 Å². The third-order valence-corrected chi connectivity index (χ3v) is 4.19. The van der Waals surface area contributed by atoms with Gasteiger partial charge in [0.15, 0.2) is 0 Å². The van der Waals surface area contributed by atoms with E-state index in [1.807, 2.05) is 6.07 Å². The van der Waals surface area contributed by atoms with Gasteiger partial charge in [-0.3, -0.25) is 10.1 Å². The maximum atomic E-state index is 12.2. The molecule has 6 nitrogen and oxygen atoms in total. The summed E-state index contributed by atoms with van der Waals surface area (Å²) in [7, 11) is 0. The van der Waals surface area contributed by atoms with Crippen LogP contribution in [0.5, 0.6) is 11.6 Å². The highest BCUT2D eigenvalue weighted by molar-refractivity contribution is 6.35. The molecule has 0 saturated heterocycles. The summed E-state index contributed by atoms with van der Waals surface area (Å²) in [6, 6.07) is 14.4. The van der Waals surface area contributed by atoms with Crippen molar-refractivity contribution in [2.24, 2.45) is 0 Å². The highest BCUT2D eigenvalue weighted by atomic mass is 35.5. The van der Waals surface area contributed by atoms with Crippen LogP contribution >= 0.6 is 23.2 Å². The Balaban J connectivity index is 1.60. The van der Waals surface area contributed by atoms with Gasteiger partial charge in [0, 0.05) is 17.4 Å². The lowest BCUT2D eigenvalue weighted by molar-refractivity contribution is 0.0966. The minimum atomic E-state index is -0.635. The van der Waals surface area contributed by atoms with E-state index in [9.17, 15) is 9.59 Å². The summed E-state index contributed by atoms with van der Waals surface area (Å²) in [4.78, 5) is 28.2. The summed E-state index contributed by atoms with van der Waals surface area (Å²) in [6.45, 7) is 1.80. The van der Waals surface area contributed by atoms with Crippen LogP contribution in [0.4, 0.5) is 10.5 Å². The summed E-state index contributed by atoms with van der Waals surface area (Å²) in [6.07, 6.45) is 1.43. The Bertz CT molecular complexity index is 1020. The van der Waals surface area contributed by atoms with Crippen molar-refractivity contribution in [1.82, 2.24) is 10.3 Å². The molecule has 8 heteroatoms. The average Bonchev–Trinajstić information content (AvgIpc) is 2.65. The van der Waals surface area contributed by atoms with Gasteiger partial charge in [0.05, 0.1) is 5.02 Å². The molecule has 0 atom stereocenters. The molecule has 0 saturated carbocycles. The third-order valence-electron chi connectivity index (χ3n) is 3.72. The molecule has 28 heavy (non-hydrogen) atoms. The van der Waals surface area contributed by atoms with Gasteiger partial charge in [0.1, 0.15) is 10.8 Å². The van der Waals surface area contributed by atoms with Crippen LogP contribution in [-0.2, 0) is 0 Å². The molecule has 0 unspecified atom stereocenters. The fraction of sp³-hybridized carbons (Fsp3) is 0.0500. The number of aryl methyl sites for hydroxylation is 1. The van der Waals surface area contributed by atoms with E-state index in [-0.39, 0.29) is 10.9 Å². The van der Waals surface area contributed by atoms with E-state index in [1.165, 1.54) is 12.3 Å². The monoisotopic (exact) mass is 415 g/mol. The molecule has 0 aliphatic heterocycles. The first-order valence-corrected chi connectivity index (χ1v) is 8.95. The molecule has 3 aromatic rings. The van der Waals surface area contributed by atoms with Gasteiger partial charge in [-0.25, -0.2) is 9.78 Å². The maximum Gasteiger partial charge on any atom is 0.326 e. The second-order valence-corrected chi connectivity index (χ2v) is 6.63. The van der Waals surface area contributed by atoms with Crippen molar-refractivity contribution in [3.63, 3.8) is 0 Å². The molecule has 1 aromatic heterocycles. The number of nitrogens with one attached hydrogen (secondary N) is 2. The molecular weight excluding hydrogens is 401 g/mol. The van der Waals surface area contributed by atoms with Crippen LogP contribution in [0.1, 0.15) is 15.9 Å². The van der Waals surface area contributed by atoms with Gasteiger partial charge in [0.2, 0.25) is 5.88 Å². The van der Waals surface area contributed by atoms with Crippen molar-refractivity contribution < 1.29 is 14.3 Å². The smallest absolute Gasteiger partial charge is 0.326 e. The Morgan fingerprint density at radius 1 is 1.04 bits per heavy atom. The molecule has 0 aliphatic rings. The first kappa shape index (κ1) is 19.7. The van der Waals surface area contributed by atoms with Crippen LogP contribution in [0, 0.1) is 6.92 Å². The van der Waals surface area contributed by atoms with Crippen LogP contribution in [-0.4, -0.2) is 16.9 Å². The quantitative estimate of drug-likeness (QED) is 0.593. The molecule has 2 N–H and O–H groups in total. The van der Waals surface area contributed by atoms with Crippen LogP contribution in [0.15, 0.2) is 60.8 Å². The molecule has 0 spiro atoms. The maximum absolute atomic E-state index is 12.2. The number of carbonyl (C=O) groups is 2. The van der Waals surface area contributed by atoms with Crippen molar-refractivity contribution >= 4 is 40.8 Å². The predicted octanol–water partition coefficient (Wildman–Crippen LogP) is 5.45. The normalized spacial score (nSPS) is 10.2. The number of aromatic nitrogens is 1. The van der Waals surface area contributed by atoms with Crippen molar-refractivity contribution in [3.8, 4) is 11.6 Å². The summed E-state index contributed by atoms with van der Waals surface area (Å²) < 4.78 is 5.58. The Hall–Kier alpha value is -3.09. The number of amides is 3. The van der Waals surface area contributed by atoms with E-state index in [0.29, 0.717) is 22.0 Å². The van der Waals surface area contributed by atoms with Crippen molar-refractivity contribution in [2.45, 2.75) is 6.92 Å².